The van der Waals surface area contributed by atoms with Crippen molar-refractivity contribution in [3.8, 4) is 0 Å². The van der Waals surface area contributed by atoms with Crippen LogP contribution in [0, 0.1) is 0 Å². The van der Waals surface area contributed by atoms with E-state index in [-0.39, 0.29) is 6.03 Å². The van der Waals surface area contributed by atoms with Crippen molar-refractivity contribution < 1.29 is 4.79 Å². The molecule has 0 bridgehead atoms. The summed E-state index contributed by atoms with van der Waals surface area (Å²) in [5, 5.41) is 2.91. The van der Waals surface area contributed by atoms with Gasteiger partial charge in [0.25, 0.3) is 0 Å². The largest absolute Gasteiger partial charge is 0.326 e. The van der Waals surface area contributed by atoms with Crippen LogP contribution in [0.5, 0.6) is 0 Å². The molecule has 3 aromatic rings. The van der Waals surface area contributed by atoms with Crippen LogP contribution in [0.4, 0.5) is 16.2 Å². The molecule has 0 atom stereocenters. The number of urea groups is 1. The normalized spacial score (nSPS) is 10.1. The summed E-state index contributed by atoms with van der Waals surface area (Å²) in [6, 6.07) is 22.9. The van der Waals surface area contributed by atoms with E-state index in [1.165, 1.54) is 0 Å². The van der Waals surface area contributed by atoms with Crippen LogP contribution < -0.4 is 10.2 Å². The minimum absolute atomic E-state index is 0.175. The molecule has 23 heavy (non-hydrogen) atoms. The molecular weight excluding hydrogens is 286 g/mol. The van der Waals surface area contributed by atoms with E-state index in [4.69, 9.17) is 0 Å². The Balaban J connectivity index is 1.84. The van der Waals surface area contributed by atoms with Crippen LogP contribution in [-0.2, 0) is 6.54 Å². The molecule has 0 unspecified atom stereocenters. The molecule has 4 heteroatoms. The fraction of sp³-hybridized carbons (Fsp3) is 0.0526. The summed E-state index contributed by atoms with van der Waals surface area (Å²) in [5.41, 5.74) is 2.64. The molecule has 0 fully saturated rings. The van der Waals surface area contributed by atoms with Gasteiger partial charge in [0.15, 0.2) is 0 Å². The first-order valence-electron chi connectivity index (χ1n) is 7.40. The van der Waals surface area contributed by atoms with Gasteiger partial charge in [-0.3, -0.25) is 9.88 Å². The third-order valence-electron chi connectivity index (χ3n) is 3.43. The Bertz CT molecular complexity index is 745. The van der Waals surface area contributed by atoms with Gasteiger partial charge in [-0.15, -0.1) is 0 Å². The highest BCUT2D eigenvalue weighted by Crippen LogP contribution is 2.18. The maximum atomic E-state index is 12.7. The number of aromatic nitrogens is 1. The van der Waals surface area contributed by atoms with Gasteiger partial charge in [-0.1, -0.05) is 48.5 Å². The first-order valence-corrected chi connectivity index (χ1v) is 7.40. The summed E-state index contributed by atoms with van der Waals surface area (Å²) in [4.78, 5) is 18.4. The van der Waals surface area contributed by atoms with Gasteiger partial charge in [0.05, 0.1) is 6.54 Å². The van der Waals surface area contributed by atoms with Crippen LogP contribution in [0.15, 0.2) is 85.2 Å². The molecule has 114 valence electrons. The van der Waals surface area contributed by atoms with Crippen molar-refractivity contribution in [1.29, 1.82) is 0 Å². The van der Waals surface area contributed by atoms with Crippen molar-refractivity contribution in [2.45, 2.75) is 6.54 Å². The minimum atomic E-state index is -0.175. The molecule has 0 saturated carbocycles. The van der Waals surface area contributed by atoms with Crippen LogP contribution in [-0.4, -0.2) is 11.0 Å². The lowest BCUT2D eigenvalue weighted by Gasteiger charge is -2.23. The molecule has 1 heterocycles. The van der Waals surface area contributed by atoms with E-state index in [9.17, 15) is 4.79 Å². The lowest BCUT2D eigenvalue weighted by Crippen LogP contribution is -2.34. The van der Waals surface area contributed by atoms with Crippen LogP contribution in [0.1, 0.15) is 5.56 Å². The maximum Gasteiger partial charge on any atom is 0.326 e. The highest BCUT2D eigenvalue weighted by atomic mass is 16.2. The van der Waals surface area contributed by atoms with Crippen molar-refractivity contribution in [1.82, 2.24) is 4.98 Å². The maximum absolute atomic E-state index is 12.7. The van der Waals surface area contributed by atoms with Crippen molar-refractivity contribution in [2.24, 2.45) is 0 Å². The summed E-state index contributed by atoms with van der Waals surface area (Å²) in [6.07, 6.45) is 3.30. The van der Waals surface area contributed by atoms with Crippen LogP contribution >= 0.6 is 0 Å². The smallest absolute Gasteiger partial charge is 0.307 e. The Morgan fingerprint density at radius 2 is 1.48 bits per heavy atom. The fourth-order valence-corrected chi connectivity index (χ4v) is 2.28. The third-order valence-corrected chi connectivity index (χ3v) is 3.43. The molecule has 1 aromatic heterocycles. The summed E-state index contributed by atoms with van der Waals surface area (Å²) in [6.45, 7) is 0.502. The van der Waals surface area contributed by atoms with Crippen molar-refractivity contribution in [2.75, 3.05) is 10.2 Å². The molecule has 0 aliphatic rings. The van der Waals surface area contributed by atoms with E-state index in [0.717, 1.165) is 16.9 Å². The number of benzene rings is 2. The van der Waals surface area contributed by atoms with E-state index < -0.39 is 0 Å². The first kappa shape index (κ1) is 14.8. The number of nitrogens with one attached hydrogen (secondary N) is 1. The number of nitrogens with zero attached hydrogens (tertiary/aromatic N) is 2. The number of carbonyl (C=O) groups excluding carboxylic acids is 1. The molecule has 0 spiro atoms. The Hall–Kier alpha value is -3.14. The average molecular weight is 303 g/mol. The monoisotopic (exact) mass is 303 g/mol. The van der Waals surface area contributed by atoms with Gasteiger partial charge >= 0.3 is 6.03 Å². The number of amides is 2. The van der Waals surface area contributed by atoms with Crippen molar-refractivity contribution in [3.05, 3.63) is 90.8 Å². The number of hydrogen-bond acceptors (Lipinski definition) is 2. The molecule has 0 radical (unpaired) electrons. The van der Waals surface area contributed by atoms with E-state index in [1.807, 2.05) is 60.7 Å². The molecule has 2 amide bonds. The van der Waals surface area contributed by atoms with Crippen molar-refractivity contribution in [3.63, 3.8) is 0 Å². The highest BCUT2D eigenvalue weighted by Gasteiger charge is 2.16. The Morgan fingerprint density at radius 1 is 0.870 bits per heavy atom. The number of carbonyl (C=O) groups is 1. The molecule has 0 aliphatic carbocycles. The summed E-state index contributed by atoms with van der Waals surface area (Å²) >= 11 is 0. The predicted molar refractivity (Wildman–Crippen MR) is 92.3 cm³/mol. The molecule has 3 rings (SSSR count). The SMILES string of the molecule is O=C(Nc1ccncc1)N(Cc1ccccc1)c1ccccc1. The van der Waals surface area contributed by atoms with Gasteiger partial charge in [-0.05, 0) is 29.8 Å². The number of anilines is 2. The van der Waals surface area contributed by atoms with Crippen LogP contribution in [0.25, 0.3) is 0 Å². The zero-order valence-electron chi connectivity index (χ0n) is 12.6. The number of rotatable bonds is 4. The lowest BCUT2D eigenvalue weighted by atomic mass is 10.2. The summed E-state index contributed by atoms with van der Waals surface area (Å²) in [7, 11) is 0. The average Bonchev–Trinajstić information content (AvgIpc) is 2.62. The quantitative estimate of drug-likeness (QED) is 0.780. The van der Waals surface area contributed by atoms with Crippen LogP contribution in [0.2, 0.25) is 0 Å². The second kappa shape index (κ2) is 7.22. The van der Waals surface area contributed by atoms with Gasteiger partial charge in [0, 0.05) is 23.8 Å². The van der Waals surface area contributed by atoms with E-state index >= 15 is 0 Å². The Morgan fingerprint density at radius 3 is 2.13 bits per heavy atom. The summed E-state index contributed by atoms with van der Waals surface area (Å²) < 4.78 is 0. The van der Waals surface area contributed by atoms with Gasteiger partial charge in [-0.25, -0.2) is 4.79 Å². The fourth-order valence-electron chi connectivity index (χ4n) is 2.28. The van der Waals surface area contributed by atoms with Gasteiger partial charge in [-0.2, -0.15) is 0 Å². The van der Waals surface area contributed by atoms with Crippen molar-refractivity contribution >= 4 is 17.4 Å². The molecule has 2 aromatic carbocycles. The van der Waals surface area contributed by atoms with Gasteiger partial charge in [0.2, 0.25) is 0 Å². The molecule has 0 saturated heterocycles. The van der Waals surface area contributed by atoms with Gasteiger partial charge in [0.1, 0.15) is 0 Å². The lowest BCUT2D eigenvalue weighted by molar-refractivity contribution is 0.256. The number of hydrogen-bond donors (Lipinski definition) is 1. The molecule has 0 aliphatic heterocycles. The molecule has 4 nitrogen and oxygen atoms in total. The van der Waals surface area contributed by atoms with E-state index in [0.29, 0.717) is 6.54 Å². The Kier molecular flexibility index (Phi) is 4.64. The van der Waals surface area contributed by atoms with E-state index in [2.05, 4.69) is 10.3 Å². The number of pyridine rings is 1. The Labute approximate surface area is 135 Å². The summed E-state index contributed by atoms with van der Waals surface area (Å²) in [5.74, 6) is 0. The second-order valence-electron chi connectivity index (χ2n) is 5.07. The molecule has 1 N–H and O–H groups in total. The predicted octanol–water partition coefficient (Wildman–Crippen LogP) is 4.32. The number of para-hydroxylation sites is 1. The molecular formula is C19H17N3O. The standard InChI is InChI=1S/C19H17N3O/c23-19(21-17-11-13-20-14-12-17)22(18-9-5-2-6-10-18)15-16-7-3-1-4-8-16/h1-14H,15H2,(H,20,21,23). The minimum Gasteiger partial charge on any atom is -0.307 e. The van der Waals surface area contributed by atoms with Crippen LogP contribution in [0.3, 0.4) is 0 Å². The van der Waals surface area contributed by atoms with E-state index in [1.54, 1.807) is 29.4 Å². The van der Waals surface area contributed by atoms with Gasteiger partial charge < -0.3 is 5.32 Å². The zero-order valence-corrected chi connectivity index (χ0v) is 12.6. The highest BCUT2D eigenvalue weighted by molar-refractivity contribution is 6.01. The first-order chi connectivity index (χ1) is 11.3. The third kappa shape index (κ3) is 3.95. The zero-order chi connectivity index (χ0) is 15.9. The topological polar surface area (TPSA) is 45.2 Å². The second-order valence-corrected chi connectivity index (χ2v) is 5.07.